The summed E-state index contributed by atoms with van der Waals surface area (Å²) in [7, 11) is 1.35. The lowest BCUT2D eigenvalue weighted by Gasteiger charge is -2.17. The summed E-state index contributed by atoms with van der Waals surface area (Å²) >= 11 is 0. The average Bonchev–Trinajstić information content (AvgIpc) is 2.31. The lowest BCUT2D eigenvalue weighted by molar-refractivity contribution is -0.140. The second kappa shape index (κ2) is 10.4. The summed E-state index contributed by atoms with van der Waals surface area (Å²) in [4.78, 5) is 22.3. The number of amides is 1. The molecule has 5 nitrogen and oxygen atoms in total. The van der Waals surface area contributed by atoms with Crippen LogP contribution < -0.4 is 11.1 Å². The number of nitrogens with one attached hydrogen (secondary N) is 1. The van der Waals surface area contributed by atoms with Gasteiger partial charge in [0.2, 0.25) is 5.91 Å². The minimum absolute atomic E-state index is 0. The zero-order chi connectivity index (χ0) is 12.6. The fourth-order valence-corrected chi connectivity index (χ4v) is 1.18. The van der Waals surface area contributed by atoms with E-state index in [0.29, 0.717) is 19.4 Å². The Morgan fingerprint density at radius 1 is 1.41 bits per heavy atom. The van der Waals surface area contributed by atoms with Crippen molar-refractivity contribution in [3.05, 3.63) is 0 Å². The normalized spacial score (nSPS) is 13.2. The molecular weight excluding hydrogens is 244 g/mol. The summed E-state index contributed by atoms with van der Waals surface area (Å²) in [6.07, 6.45) is 1.76. The fourth-order valence-electron chi connectivity index (χ4n) is 1.18. The first-order valence-corrected chi connectivity index (χ1v) is 5.63. The molecule has 102 valence electrons. The van der Waals surface area contributed by atoms with Crippen molar-refractivity contribution in [1.82, 2.24) is 5.32 Å². The first-order chi connectivity index (χ1) is 7.52. The van der Waals surface area contributed by atoms with Gasteiger partial charge in [-0.05, 0) is 12.3 Å². The van der Waals surface area contributed by atoms with E-state index >= 15 is 0 Å². The van der Waals surface area contributed by atoms with Gasteiger partial charge in [0.25, 0.3) is 0 Å². The quantitative estimate of drug-likeness (QED) is 0.529. The maximum atomic E-state index is 11.5. The molecule has 0 saturated carbocycles. The Hall–Kier alpha value is -0.810. The minimum Gasteiger partial charge on any atom is -0.469 e. The van der Waals surface area contributed by atoms with Crippen LogP contribution in [-0.4, -0.2) is 31.6 Å². The highest BCUT2D eigenvalue weighted by molar-refractivity contribution is 5.85. The number of carbonyl (C=O) groups is 2. The Morgan fingerprint density at radius 3 is 2.47 bits per heavy atom. The number of nitrogens with two attached hydrogens (primary N) is 1. The van der Waals surface area contributed by atoms with E-state index in [2.05, 4.69) is 10.1 Å². The van der Waals surface area contributed by atoms with Gasteiger partial charge < -0.3 is 15.8 Å². The van der Waals surface area contributed by atoms with E-state index in [1.807, 2.05) is 13.8 Å². The number of methoxy groups -OCH3 is 1. The van der Waals surface area contributed by atoms with Crippen LogP contribution in [0.4, 0.5) is 0 Å². The van der Waals surface area contributed by atoms with Crippen molar-refractivity contribution in [2.75, 3.05) is 13.7 Å². The van der Waals surface area contributed by atoms with Gasteiger partial charge in [-0.2, -0.15) is 0 Å². The van der Waals surface area contributed by atoms with E-state index in [1.54, 1.807) is 0 Å². The number of hydrogen-bond donors (Lipinski definition) is 2. The van der Waals surface area contributed by atoms with Crippen LogP contribution in [0, 0.1) is 5.92 Å². The highest BCUT2D eigenvalue weighted by atomic mass is 35.5. The van der Waals surface area contributed by atoms with Crippen LogP contribution in [0.15, 0.2) is 0 Å². The third-order valence-corrected chi connectivity index (χ3v) is 2.64. The Labute approximate surface area is 109 Å². The Balaban J connectivity index is 0. The third kappa shape index (κ3) is 7.99. The summed E-state index contributed by atoms with van der Waals surface area (Å²) in [5.41, 5.74) is 5.74. The van der Waals surface area contributed by atoms with Crippen molar-refractivity contribution in [3.8, 4) is 0 Å². The van der Waals surface area contributed by atoms with Crippen LogP contribution in [0.2, 0.25) is 0 Å². The lowest BCUT2D eigenvalue weighted by Crippen LogP contribution is -2.44. The maximum absolute atomic E-state index is 11.5. The predicted octanol–water partition coefficient (Wildman–Crippen LogP) is 0.851. The molecule has 0 aliphatic carbocycles. The zero-order valence-electron chi connectivity index (χ0n) is 10.7. The topological polar surface area (TPSA) is 81.4 Å². The molecule has 0 heterocycles. The van der Waals surface area contributed by atoms with Gasteiger partial charge in [-0.15, -0.1) is 12.4 Å². The second-order valence-electron chi connectivity index (χ2n) is 3.88. The molecule has 0 aromatic carbocycles. The van der Waals surface area contributed by atoms with Crippen molar-refractivity contribution >= 4 is 24.3 Å². The number of rotatable bonds is 7. The van der Waals surface area contributed by atoms with E-state index in [-0.39, 0.29) is 30.2 Å². The van der Waals surface area contributed by atoms with Gasteiger partial charge >= 0.3 is 5.97 Å². The van der Waals surface area contributed by atoms with Gasteiger partial charge in [-0.3, -0.25) is 9.59 Å². The molecule has 0 rings (SSSR count). The molecule has 0 aliphatic heterocycles. The Kier molecular flexibility index (Phi) is 11.3. The van der Waals surface area contributed by atoms with E-state index in [4.69, 9.17) is 5.73 Å². The Morgan fingerprint density at radius 2 is 2.00 bits per heavy atom. The van der Waals surface area contributed by atoms with Gasteiger partial charge in [0.1, 0.15) is 0 Å². The van der Waals surface area contributed by atoms with Gasteiger partial charge in [-0.1, -0.05) is 20.3 Å². The third-order valence-electron chi connectivity index (χ3n) is 2.64. The molecule has 0 fully saturated rings. The van der Waals surface area contributed by atoms with E-state index in [0.717, 1.165) is 6.42 Å². The van der Waals surface area contributed by atoms with Crippen LogP contribution in [-0.2, 0) is 14.3 Å². The fraction of sp³-hybridized carbons (Fsp3) is 0.818. The number of esters is 1. The molecule has 0 aliphatic rings. The highest BCUT2D eigenvalue weighted by Crippen LogP contribution is 2.04. The van der Waals surface area contributed by atoms with Crippen LogP contribution >= 0.6 is 12.4 Å². The first kappa shape index (κ1) is 18.6. The van der Waals surface area contributed by atoms with Crippen molar-refractivity contribution in [2.24, 2.45) is 11.7 Å². The highest BCUT2D eigenvalue weighted by Gasteiger charge is 2.18. The lowest BCUT2D eigenvalue weighted by atomic mass is 9.99. The van der Waals surface area contributed by atoms with Crippen LogP contribution in [0.5, 0.6) is 0 Å². The van der Waals surface area contributed by atoms with Crippen LogP contribution in [0.3, 0.4) is 0 Å². The van der Waals surface area contributed by atoms with E-state index in [1.165, 1.54) is 7.11 Å². The SMILES string of the molecule is CCC(C)C(N)C(=O)NCCCC(=O)OC.Cl. The molecular formula is C11H23ClN2O3. The summed E-state index contributed by atoms with van der Waals surface area (Å²) in [6, 6.07) is -0.469. The van der Waals surface area contributed by atoms with Gasteiger partial charge in [0.05, 0.1) is 13.2 Å². The van der Waals surface area contributed by atoms with Gasteiger partial charge in [0.15, 0.2) is 0 Å². The molecule has 3 N–H and O–H groups in total. The standard InChI is InChI=1S/C11H22N2O3.ClH/c1-4-8(2)10(12)11(15)13-7-5-6-9(14)16-3;/h8,10H,4-7,12H2,1-3H3,(H,13,15);1H. The molecule has 1 amide bonds. The van der Waals surface area contributed by atoms with Crippen molar-refractivity contribution < 1.29 is 14.3 Å². The van der Waals surface area contributed by atoms with Crippen molar-refractivity contribution in [3.63, 3.8) is 0 Å². The molecule has 0 bridgehead atoms. The predicted molar refractivity (Wildman–Crippen MR) is 68.9 cm³/mol. The molecule has 0 spiro atoms. The van der Waals surface area contributed by atoms with E-state index in [9.17, 15) is 9.59 Å². The second-order valence-corrected chi connectivity index (χ2v) is 3.88. The molecule has 0 aromatic rings. The molecule has 2 atom stereocenters. The molecule has 2 unspecified atom stereocenters. The molecule has 6 heteroatoms. The van der Waals surface area contributed by atoms with Gasteiger partial charge in [-0.25, -0.2) is 0 Å². The van der Waals surface area contributed by atoms with Gasteiger partial charge in [0, 0.05) is 13.0 Å². The first-order valence-electron chi connectivity index (χ1n) is 5.63. The van der Waals surface area contributed by atoms with Crippen molar-refractivity contribution in [2.45, 2.75) is 39.2 Å². The maximum Gasteiger partial charge on any atom is 0.305 e. The summed E-state index contributed by atoms with van der Waals surface area (Å²) < 4.78 is 4.48. The Bertz CT molecular complexity index is 237. The smallest absolute Gasteiger partial charge is 0.305 e. The minimum atomic E-state index is -0.469. The molecule has 0 radical (unpaired) electrons. The summed E-state index contributed by atoms with van der Waals surface area (Å²) in [6.45, 7) is 4.39. The van der Waals surface area contributed by atoms with E-state index < -0.39 is 6.04 Å². The zero-order valence-corrected chi connectivity index (χ0v) is 11.5. The largest absolute Gasteiger partial charge is 0.469 e. The van der Waals surface area contributed by atoms with Crippen LogP contribution in [0.25, 0.3) is 0 Å². The molecule has 0 aromatic heterocycles. The number of halogens is 1. The molecule has 0 saturated heterocycles. The monoisotopic (exact) mass is 266 g/mol. The summed E-state index contributed by atoms with van der Waals surface area (Å²) in [5.74, 6) is -0.250. The van der Waals surface area contributed by atoms with Crippen molar-refractivity contribution in [1.29, 1.82) is 0 Å². The molecule has 17 heavy (non-hydrogen) atoms. The number of carbonyl (C=O) groups excluding carboxylic acids is 2. The average molecular weight is 267 g/mol. The summed E-state index contributed by atoms with van der Waals surface area (Å²) in [5, 5.41) is 2.71. The van der Waals surface area contributed by atoms with Crippen LogP contribution in [0.1, 0.15) is 33.1 Å². The number of hydrogen-bond acceptors (Lipinski definition) is 4. The number of ether oxygens (including phenoxy) is 1.